The minimum Gasteiger partial charge on any atom is -0.366 e. The van der Waals surface area contributed by atoms with E-state index in [-0.39, 0.29) is 17.7 Å². The second kappa shape index (κ2) is 8.03. The zero-order chi connectivity index (χ0) is 19.4. The van der Waals surface area contributed by atoms with E-state index in [4.69, 9.17) is 5.73 Å². The number of hydrogen-bond donors (Lipinski definition) is 2. The van der Waals surface area contributed by atoms with Crippen molar-refractivity contribution in [2.75, 3.05) is 19.6 Å². The number of primary amides is 1. The first-order valence-electron chi connectivity index (χ1n) is 9.07. The van der Waals surface area contributed by atoms with Crippen LogP contribution in [0.2, 0.25) is 0 Å². The average Bonchev–Trinajstić information content (AvgIpc) is 3.18. The van der Waals surface area contributed by atoms with Crippen LogP contribution in [-0.4, -0.2) is 42.3 Å². The van der Waals surface area contributed by atoms with Gasteiger partial charge < -0.3 is 16.0 Å². The number of amides is 3. The van der Waals surface area contributed by atoms with Crippen molar-refractivity contribution < 1.29 is 14.4 Å². The molecule has 3 rings (SSSR count). The van der Waals surface area contributed by atoms with Crippen LogP contribution in [0.25, 0.3) is 11.1 Å². The summed E-state index contributed by atoms with van der Waals surface area (Å²) in [6, 6.07) is 14.2. The zero-order valence-corrected chi connectivity index (χ0v) is 15.3. The molecule has 27 heavy (non-hydrogen) atoms. The summed E-state index contributed by atoms with van der Waals surface area (Å²) in [4.78, 5) is 38.0. The van der Waals surface area contributed by atoms with Gasteiger partial charge in [0.15, 0.2) is 0 Å². The van der Waals surface area contributed by atoms with Crippen LogP contribution >= 0.6 is 0 Å². The Morgan fingerprint density at radius 1 is 1.11 bits per heavy atom. The van der Waals surface area contributed by atoms with Crippen LogP contribution in [0.5, 0.6) is 0 Å². The molecule has 1 fully saturated rings. The molecular weight excluding hydrogens is 342 g/mol. The van der Waals surface area contributed by atoms with Gasteiger partial charge in [0.25, 0.3) is 5.91 Å². The maximum atomic E-state index is 12.7. The van der Waals surface area contributed by atoms with E-state index in [0.29, 0.717) is 37.2 Å². The van der Waals surface area contributed by atoms with Crippen molar-refractivity contribution in [2.45, 2.75) is 13.3 Å². The smallest absolute Gasteiger partial charge is 0.253 e. The monoisotopic (exact) mass is 365 g/mol. The second-order valence-corrected chi connectivity index (χ2v) is 6.62. The van der Waals surface area contributed by atoms with Gasteiger partial charge in [0.1, 0.15) is 0 Å². The maximum Gasteiger partial charge on any atom is 0.253 e. The molecule has 1 aliphatic heterocycles. The Labute approximate surface area is 158 Å². The van der Waals surface area contributed by atoms with Crippen LogP contribution in [0.4, 0.5) is 0 Å². The topological polar surface area (TPSA) is 92.5 Å². The molecule has 0 spiro atoms. The van der Waals surface area contributed by atoms with Crippen LogP contribution in [0.1, 0.15) is 34.1 Å². The predicted octanol–water partition coefficient (Wildman–Crippen LogP) is 2.05. The van der Waals surface area contributed by atoms with Gasteiger partial charge in [0.05, 0.1) is 5.92 Å². The molecule has 0 radical (unpaired) electrons. The lowest BCUT2D eigenvalue weighted by atomic mass is 9.98. The van der Waals surface area contributed by atoms with Crippen molar-refractivity contribution in [3.05, 3.63) is 59.7 Å². The summed E-state index contributed by atoms with van der Waals surface area (Å²) in [5.74, 6) is -0.711. The Morgan fingerprint density at radius 2 is 1.81 bits per heavy atom. The van der Waals surface area contributed by atoms with E-state index < -0.39 is 5.91 Å². The first-order valence-corrected chi connectivity index (χ1v) is 9.07. The van der Waals surface area contributed by atoms with Gasteiger partial charge in [0.2, 0.25) is 11.8 Å². The molecule has 0 aromatic heterocycles. The molecular formula is C21H23N3O3. The lowest BCUT2D eigenvalue weighted by molar-refractivity contribution is -0.124. The maximum absolute atomic E-state index is 12.7. The minimum atomic E-state index is -0.487. The van der Waals surface area contributed by atoms with E-state index in [1.165, 1.54) is 0 Å². The third-order valence-corrected chi connectivity index (χ3v) is 4.83. The fourth-order valence-electron chi connectivity index (χ4n) is 3.40. The van der Waals surface area contributed by atoms with E-state index in [9.17, 15) is 14.4 Å². The largest absolute Gasteiger partial charge is 0.366 e. The van der Waals surface area contributed by atoms with E-state index >= 15 is 0 Å². The second-order valence-electron chi connectivity index (χ2n) is 6.62. The Morgan fingerprint density at radius 3 is 2.48 bits per heavy atom. The molecule has 0 bridgehead atoms. The molecule has 1 atom stereocenters. The number of carbonyl (C=O) groups is 3. The minimum absolute atomic E-state index is 0.00575. The fraction of sp³-hybridized carbons (Fsp3) is 0.286. The zero-order valence-electron chi connectivity index (χ0n) is 15.3. The van der Waals surface area contributed by atoms with Gasteiger partial charge in [-0.05, 0) is 42.7 Å². The predicted molar refractivity (Wildman–Crippen MR) is 103 cm³/mol. The van der Waals surface area contributed by atoms with Gasteiger partial charge in [0, 0.05) is 30.8 Å². The van der Waals surface area contributed by atoms with Crippen LogP contribution in [-0.2, 0) is 4.79 Å². The first kappa shape index (κ1) is 18.6. The Bertz CT molecular complexity index is 861. The molecule has 0 aliphatic carbocycles. The molecule has 1 saturated heterocycles. The van der Waals surface area contributed by atoms with Gasteiger partial charge in [-0.3, -0.25) is 14.4 Å². The van der Waals surface area contributed by atoms with Gasteiger partial charge in [-0.15, -0.1) is 0 Å². The van der Waals surface area contributed by atoms with Crippen LogP contribution in [0, 0.1) is 5.92 Å². The molecule has 2 aromatic carbocycles. The summed E-state index contributed by atoms with van der Waals surface area (Å²) in [7, 11) is 0. The molecule has 140 valence electrons. The van der Waals surface area contributed by atoms with Gasteiger partial charge in [-0.25, -0.2) is 0 Å². The molecule has 1 heterocycles. The summed E-state index contributed by atoms with van der Waals surface area (Å²) in [6.45, 7) is 3.50. The summed E-state index contributed by atoms with van der Waals surface area (Å²) in [6.07, 6.45) is 0.682. The van der Waals surface area contributed by atoms with E-state index in [1.54, 1.807) is 29.2 Å². The number of nitrogens with two attached hydrogens (primary N) is 1. The van der Waals surface area contributed by atoms with Crippen molar-refractivity contribution in [2.24, 2.45) is 11.7 Å². The van der Waals surface area contributed by atoms with Gasteiger partial charge >= 0.3 is 0 Å². The highest BCUT2D eigenvalue weighted by Gasteiger charge is 2.31. The molecule has 1 unspecified atom stereocenters. The van der Waals surface area contributed by atoms with E-state index in [1.807, 2.05) is 31.2 Å². The van der Waals surface area contributed by atoms with Gasteiger partial charge in [-0.1, -0.05) is 30.3 Å². The molecule has 3 N–H and O–H groups in total. The molecule has 2 aromatic rings. The number of benzene rings is 2. The fourth-order valence-corrected chi connectivity index (χ4v) is 3.40. The highest BCUT2D eigenvalue weighted by Crippen LogP contribution is 2.25. The number of carbonyl (C=O) groups excluding carboxylic acids is 3. The molecule has 6 heteroatoms. The number of likely N-dealkylation sites (tertiary alicyclic amines) is 1. The number of rotatable bonds is 5. The lowest BCUT2D eigenvalue weighted by Crippen LogP contribution is -2.34. The summed E-state index contributed by atoms with van der Waals surface area (Å²) < 4.78 is 0. The summed E-state index contributed by atoms with van der Waals surface area (Å²) >= 11 is 0. The molecule has 0 saturated carbocycles. The summed E-state index contributed by atoms with van der Waals surface area (Å²) in [5.41, 5.74) is 8.01. The molecule has 1 aliphatic rings. The van der Waals surface area contributed by atoms with Crippen molar-refractivity contribution in [1.82, 2.24) is 10.2 Å². The van der Waals surface area contributed by atoms with E-state index in [0.717, 1.165) is 11.1 Å². The third kappa shape index (κ3) is 4.00. The lowest BCUT2D eigenvalue weighted by Gasteiger charge is -2.17. The number of nitrogens with one attached hydrogen (secondary N) is 1. The van der Waals surface area contributed by atoms with Crippen LogP contribution < -0.4 is 11.1 Å². The van der Waals surface area contributed by atoms with Crippen LogP contribution in [0.15, 0.2) is 48.5 Å². The number of nitrogens with zero attached hydrogens (tertiary/aromatic N) is 1. The van der Waals surface area contributed by atoms with Crippen molar-refractivity contribution in [3.63, 3.8) is 0 Å². The highest BCUT2D eigenvalue weighted by molar-refractivity contribution is 6.00. The Kier molecular flexibility index (Phi) is 5.54. The molecule has 3 amide bonds. The first-order chi connectivity index (χ1) is 13.0. The Hall–Kier alpha value is -3.15. The third-order valence-electron chi connectivity index (χ3n) is 4.83. The normalized spacial score (nSPS) is 16.2. The van der Waals surface area contributed by atoms with Crippen molar-refractivity contribution >= 4 is 17.7 Å². The SMILES string of the molecule is CCNC(=O)C1CCN(C(=O)c2ccc(-c3ccccc3C(N)=O)cc2)C1. The van der Waals surface area contributed by atoms with Gasteiger partial charge in [-0.2, -0.15) is 0 Å². The van der Waals surface area contributed by atoms with Crippen molar-refractivity contribution in [1.29, 1.82) is 0 Å². The van der Waals surface area contributed by atoms with Crippen LogP contribution in [0.3, 0.4) is 0 Å². The highest BCUT2D eigenvalue weighted by atomic mass is 16.2. The summed E-state index contributed by atoms with van der Waals surface area (Å²) in [5, 5.41) is 2.81. The molecule has 6 nitrogen and oxygen atoms in total. The number of hydrogen-bond acceptors (Lipinski definition) is 3. The quantitative estimate of drug-likeness (QED) is 0.849. The van der Waals surface area contributed by atoms with Crippen molar-refractivity contribution in [3.8, 4) is 11.1 Å². The standard InChI is InChI=1S/C21H23N3O3/c1-2-23-20(26)16-11-12-24(13-16)21(27)15-9-7-14(8-10-15)17-5-3-4-6-18(17)19(22)25/h3-10,16H,2,11-13H2,1H3,(H2,22,25)(H,23,26). The Balaban J connectivity index is 1.74. The average molecular weight is 365 g/mol. The van der Waals surface area contributed by atoms with E-state index in [2.05, 4.69) is 5.32 Å².